The summed E-state index contributed by atoms with van der Waals surface area (Å²) in [6, 6.07) is 5.31. The summed E-state index contributed by atoms with van der Waals surface area (Å²) in [5, 5.41) is 11.9. The van der Waals surface area contributed by atoms with Gasteiger partial charge in [-0.2, -0.15) is 0 Å². The first-order chi connectivity index (χ1) is 10.6. The molecule has 0 bridgehead atoms. The summed E-state index contributed by atoms with van der Waals surface area (Å²) in [6.07, 6.45) is 0. The van der Waals surface area contributed by atoms with Crippen molar-refractivity contribution in [3.63, 3.8) is 0 Å². The minimum absolute atomic E-state index is 0.142. The molecule has 1 aromatic heterocycles. The highest BCUT2D eigenvalue weighted by Crippen LogP contribution is 2.25. The largest absolute Gasteiger partial charge is 0.345 e. The van der Waals surface area contributed by atoms with Gasteiger partial charge >= 0.3 is 0 Å². The zero-order valence-electron chi connectivity index (χ0n) is 12.6. The number of carbonyl (C=O) groups is 1. The molecule has 0 fully saturated rings. The molecular formula is C15H18ClN5O. The Labute approximate surface area is 134 Å². The third kappa shape index (κ3) is 2.60. The Hall–Kier alpha value is -1.92. The standard InChI is InChI=1S/C15H18ClN5O/c1-3-20(4-2)9-14-19-18-13-8-17-15(22)11-7-10(16)5-6-12(11)21(13)14/h5-7H,3-4,8-9H2,1-2H3,(H,17,22). The van der Waals surface area contributed by atoms with E-state index in [4.69, 9.17) is 11.6 Å². The van der Waals surface area contributed by atoms with E-state index in [1.165, 1.54) is 0 Å². The number of nitrogens with one attached hydrogen (secondary N) is 1. The maximum atomic E-state index is 12.2. The molecule has 0 radical (unpaired) electrons. The minimum atomic E-state index is -0.142. The minimum Gasteiger partial charge on any atom is -0.345 e. The van der Waals surface area contributed by atoms with Gasteiger partial charge < -0.3 is 5.32 Å². The Kier molecular flexibility index (Phi) is 4.13. The van der Waals surface area contributed by atoms with Crippen molar-refractivity contribution in [2.75, 3.05) is 13.1 Å². The quantitative estimate of drug-likeness (QED) is 0.936. The van der Waals surface area contributed by atoms with E-state index < -0.39 is 0 Å². The molecule has 2 heterocycles. The van der Waals surface area contributed by atoms with Crippen molar-refractivity contribution in [2.24, 2.45) is 0 Å². The summed E-state index contributed by atoms with van der Waals surface area (Å²) in [5.41, 5.74) is 1.33. The van der Waals surface area contributed by atoms with Crippen molar-refractivity contribution < 1.29 is 4.79 Å². The summed E-state index contributed by atoms with van der Waals surface area (Å²) in [7, 11) is 0. The predicted molar refractivity (Wildman–Crippen MR) is 84.2 cm³/mol. The number of carbonyl (C=O) groups excluding carboxylic acids is 1. The first-order valence-electron chi connectivity index (χ1n) is 7.37. The molecule has 7 heteroatoms. The summed E-state index contributed by atoms with van der Waals surface area (Å²) >= 11 is 6.04. The molecular weight excluding hydrogens is 302 g/mol. The van der Waals surface area contributed by atoms with Gasteiger partial charge in [-0.25, -0.2) is 0 Å². The van der Waals surface area contributed by atoms with Gasteiger partial charge in [0.05, 0.1) is 24.3 Å². The van der Waals surface area contributed by atoms with Crippen LogP contribution >= 0.6 is 11.6 Å². The lowest BCUT2D eigenvalue weighted by molar-refractivity contribution is 0.0952. The molecule has 0 spiro atoms. The molecule has 0 aliphatic carbocycles. The van der Waals surface area contributed by atoms with E-state index in [2.05, 4.69) is 34.3 Å². The molecule has 116 valence electrons. The molecule has 0 saturated heterocycles. The lowest BCUT2D eigenvalue weighted by Crippen LogP contribution is -2.24. The van der Waals surface area contributed by atoms with Crippen molar-refractivity contribution in [1.29, 1.82) is 0 Å². The molecule has 1 aliphatic rings. The van der Waals surface area contributed by atoms with Gasteiger partial charge in [-0.1, -0.05) is 25.4 Å². The van der Waals surface area contributed by atoms with Crippen molar-refractivity contribution >= 4 is 17.5 Å². The second-order valence-electron chi connectivity index (χ2n) is 5.17. The van der Waals surface area contributed by atoms with E-state index in [1.54, 1.807) is 12.1 Å². The van der Waals surface area contributed by atoms with Gasteiger partial charge in [0.25, 0.3) is 5.91 Å². The average molecular weight is 320 g/mol. The molecule has 1 aromatic carbocycles. The summed E-state index contributed by atoms with van der Waals surface area (Å²) < 4.78 is 1.96. The van der Waals surface area contributed by atoms with E-state index in [1.807, 2.05) is 10.6 Å². The SMILES string of the molecule is CCN(CC)Cc1nnc2n1-c1ccc(Cl)cc1C(=O)NC2. The molecule has 0 atom stereocenters. The second-order valence-corrected chi connectivity index (χ2v) is 5.61. The van der Waals surface area contributed by atoms with Gasteiger partial charge in [0.1, 0.15) is 0 Å². The number of hydrogen-bond acceptors (Lipinski definition) is 4. The topological polar surface area (TPSA) is 63.1 Å². The summed E-state index contributed by atoms with van der Waals surface area (Å²) in [5.74, 6) is 1.42. The lowest BCUT2D eigenvalue weighted by Gasteiger charge is -2.18. The molecule has 3 rings (SSSR count). The van der Waals surface area contributed by atoms with Gasteiger partial charge in [-0.15, -0.1) is 10.2 Å². The number of benzene rings is 1. The Balaban J connectivity index is 2.11. The number of aromatic nitrogens is 3. The van der Waals surface area contributed by atoms with Crippen molar-refractivity contribution in [3.05, 3.63) is 40.4 Å². The third-order valence-corrected chi connectivity index (χ3v) is 4.14. The fourth-order valence-corrected chi connectivity index (χ4v) is 2.81. The Morgan fingerprint density at radius 1 is 1.32 bits per heavy atom. The third-order valence-electron chi connectivity index (χ3n) is 3.91. The highest BCUT2D eigenvalue weighted by atomic mass is 35.5. The van der Waals surface area contributed by atoms with E-state index in [0.29, 0.717) is 23.7 Å². The fraction of sp³-hybridized carbons (Fsp3) is 0.400. The van der Waals surface area contributed by atoms with Crippen LogP contribution in [0.4, 0.5) is 0 Å². The maximum Gasteiger partial charge on any atom is 0.253 e. The van der Waals surface area contributed by atoms with E-state index in [9.17, 15) is 4.79 Å². The number of halogens is 1. The number of amides is 1. The molecule has 22 heavy (non-hydrogen) atoms. The van der Waals surface area contributed by atoms with Gasteiger partial charge in [0, 0.05) is 5.02 Å². The van der Waals surface area contributed by atoms with Crippen LogP contribution in [0.2, 0.25) is 5.02 Å². The van der Waals surface area contributed by atoms with E-state index in [-0.39, 0.29) is 5.91 Å². The van der Waals surface area contributed by atoms with Crippen LogP contribution in [0.25, 0.3) is 5.69 Å². The Morgan fingerprint density at radius 3 is 2.82 bits per heavy atom. The molecule has 0 unspecified atom stereocenters. The Bertz CT molecular complexity index is 708. The first kappa shape index (κ1) is 15.0. The molecule has 0 saturated carbocycles. The summed E-state index contributed by atoms with van der Waals surface area (Å²) in [4.78, 5) is 14.5. The zero-order valence-corrected chi connectivity index (χ0v) is 13.4. The van der Waals surface area contributed by atoms with Gasteiger partial charge in [0.2, 0.25) is 0 Å². The highest BCUT2D eigenvalue weighted by Gasteiger charge is 2.24. The van der Waals surface area contributed by atoms with Crippen LogP contribution in [0.15, 0.2) is 18.2 Å². The number of fused-ring (bicyclic) bond motifs is 3. The maximum absolute atomic E-state index is 12.2. The molecule has 1 aliphatic heterocycles. The first-order valence-corrected chi connectivity index (χ1v) is 7.75. The van der Waals surface area contributed by atoms with Crippen LogP contribution < -0.4 is 5.32 Å². The highest BCUT2D eigenvalue weighted by molar-refractivity contribution is 6.31. The van der Waals surface area contributed by atoms with E-state index in [0.717, 1.165) is 30.4 Å². The average Bonchev–Trinajstić information content (AvgIpc) is 2.86. The van der Waals surface area contributed by atoms with Crippen LogP contribution in [0.1, 0.15) is 35.9 Å². The lowest BCUT2D eigenvalue weighted by atomic mass is 10.1. The van der Waals surface area contributed by atoms with Crippen molar-refractivity contribution in [1.82, 2.24) is 25.0 Å². The van der Waals surface area contributed by atoms with Crippen LogP contribution in [0.5, 0.6) is 0 Å². The fourth-order valence-electron chi connectivity index (χ4n) is 2.64. The van der Waals surface area contributed by atoms with Crippen LogP contribution in [0.3, 0.4) is 0 Å². The zero-order chi connectivity index (χ0) is 15.7. The molecule has 1 amide bonds. The van der Waals surface area contributed by atoms with Crippen LogP contribution in [0, 0.1) is 0 Å². The van der Waals surface area contributed by atoms with Gasteiger partial charge in [-0.3, -0.25) is 14.3 Å². The molecule has 2 aromatic rings. The van der Waals surface area contributed by atoms with Gasteiger partial charge in [-0.05, 0) is 31.3 Å². The number of hydrogen-bond donors (Lipinski definition) is 1. The second kappa shape index (κ2) is 6.06. The monoisotopic (exact) mass is 319 g/mol. The van der Waals surface area contributed by atoms with Crippen molar-refractivity contribution in [2.45, 2.75) is 26.9 Å². The Morgan fingerprint density at radius 2 is 2.09 bits per heavy atom. The van der Waals surface area contributed by atoms with Crippen LogP contribution in [-0.2, 0) is 13.1 Å². The van der Waals surface area contributed by atoms with E-state index >= 15 is 0 Å². The molecule has 1 N–H and O–H groups in total. The predicted octanol–water partition coefficient (Wildman–Crippen LogP) is 2.01. The van der Waals surface area contributed by atoms with Crippen LogP contribution in [-0.4, -0.2) is 38.7 Å². The van der Waals surface area contributed by atoms with Gasteiger partial charge in [0.15, 0.2) is 11.6 Å². The van der Waals surface area contributed by atoms with Crippen molar-refractivity contribution in [3.8, 4) is 5.69 Å². The number of nitrogens with zero attached hydrogens (tertiary/aromatic N) is 4. The normalized spacial score (nSPS) is 13.5. The molecule has 6 nitrogen and oxygen atoms in total. The summed E-state index contributed by atoms with van der Waals surface area (Å²) in [6.45, 7) is 7.14. The number of rotatable bonds is 4. The smallest absolute Gasteiger partial charge is 0.253 e.